The van der Waals surface area contributed by atoms with Crippen LogP contribution in [-0.2, 0) is 16.6 Å². The van der Waals surface area contributed by atoms with E-state index < -0.39 is 10.0 Å². The van der Waals surface area contributed by atoms with Crippen molar-refractivity contribution in [3.63, 3.8) is 0 Å². The van der Waals surface area contributed by atoms with Crippen LogP contribution in [-0.4, -0.2) is 70.7 Å². The van der Waals surface area contributed by atoms with Crippen LogP contribution >= 0.6 is 11.6 Å². The molecule has 3 aromatic rings. The summed E-state index contributed by atoms with van der Waals surface area (Å²) in [5.74, 6) is 1.76. The fraction of sp³-hybridized carbons (Fsp3) is 0.429. The van der Waals surface area contributed by atoms with Gasteiger partial charge in [0.1, 0.15) is 11.6 Å². The van der Waals surface area contributed by atoms with Gasteiger partial charge in [-0.2, -0.15) is 9.29 Å². The van der Waals surface area contributed by atoms with Crippen molar-refractivity contribution in [2.75, 3.05) is 38.2 Å². The van der Waals surface area contributed by atoms with Gasteiger partial charge in [-0.25, -0.2) is 13.4 Å². The summed E-state index contributed by atoms with van der Waals surface area (Å²) in [6.07, 6.45) is 5.27. The minimum absolute atomic E-state index is 0.177. The van der Waals surface area contributed by atoms with Crippen LogP contribution in [0.1, 0.15) is 18.4 Å². The molecule has 170 valence electrons. The number of piperazine rings is 1. The molecule has 5 rings (SSSR count). The minimum Gasteiger partial charge on any atom is -0.495 e. The third kappa shape index (κ3) is 3.81. The molecule has 2 aliphatic rings. The molecular formula is C21H24ClN5O4S. The van der Waals surface area contributed by atoms with Gasteiger partial charge < -0.3 is 14.7 Å². The highest BCUT2D eigenvalue weighted by atomic mass is 35.5. The van der Waals surface area contributed by atoms with Gasteiger partial charge in [-0.3, -0.25) is 4.40 Å². The number of sulfonamides is 1. The third-order valence-corrected chi connectivity index (χ3v) is 8.70. The van der Waals surface area contributed by atoms with Crippen LogP contribution in [0.4, 0.5) is 5.82 Å². The molecule has 1 saturated heterocycles. The van der Waals surface area contributed by atoms with Crippen LogP contribution in [0.25, 0.3) is 17.0 Å². The zero-order valence-electron chi connectivity index (χ0n) is 17.6. The lowest BCUT2D eigenvalue weighted by atomic mass is 10.1. The average Bonchev–Trinajstić information content (AvgIpc) is 3.59. The number of methoxy groups -OCH3 is 1. The third-order valence-electron chi connectivity index (χ3n) is 6.00. The van der Waals surface area contributed by atoms with E-state index in [1.165, 1.54) is 7.11 Å². The number of nitrogens with zero attached hydrogens (tertiary/aromatic N) is 5. The van der Waals surface area contributed by atoms with Crippen LogP contribution in [0.5, 0.6) is 5.75 Å². The van der Waals surface area contributed by atoms with E-state index >= 15 is 0 Å². The van der Waals surface area contributed by atoms with Crippen molar-refractivity contribution in [2.45, 2.75) is 24.7 Å². The lowest BCUT2D eigenvalue weighted by Crippen LogP contribution is -2.49. The van der Waals surface area contributed by atoms with Crippen molar-refractivity contribution in [2.24, 2.45) is 0 Å². The van der Waals surface area contributed by atoms with Crippen molar-refractivity contribution < 1.29 is 18.3 Å². The number of anilines is 1. The molecule has 2 fully saturated rings. The van der Waals surface area contributed by atoms with Crippen molar-refractivity contribution in [3.05, 3.63) is 41.2 Å². The van der Waals surface area contributed by atoms with Gasteiger partial charge in [-0.15, -0.1) is 0 Å². The van der Waals surface area contributed by atoms with Gasteiger partial charge in [-0.05, 0) is 36.6 Å². The fourth-order valence-electron chi connectivity index (χ4n) is 4.04. The van der Waals surface area contributed by atoms with Gasteiger partial charge in [0.15, 0.2) is 0 Å². The SMILES string of the molecule is COc1cc(CO)c(-c2cn3ccc(N4CCN(S(=O)(=O)C5CC5)CC4)nc3n2)cc1Cl. The first-order valence-electron chi connectivity index (χ1n) is 10.5. The molecule has 0 bridgehead atoms. The van der Waals surface area contributed by atoms with E-state index in [-0.39, 0.29) is 11.9 Å². The van der Waals surface area contributed by atoms with E-state index in [0.29, 0.717) is 59.5 Å². The molecule has 11 heteroatoms. The molecule has 0 spiro atoms. The number of ether oxygens (including phenoxy) is 1. The number of hydrogen-bond donors (Lipinski definition) is 1. The van der Waals surface area contributed by atoms with E-state index in [9.17, 15) is 13.5 Å². The molecule has 0 radical (unpaired) electrons. The smallest absolute Gasteiger partial charge is 0.236 e. The normalized spacial score (nSPS) is 17.8. The molecule has 0 unspecified atom stereocenters. The highest BCUT2D eigenvalue weighted by molar-refractivity contribution is 7.90. The Hall–Kier alpha value is -2.40. The Balaban J connectivity index is 1.39. The summed E-state index contributed by atoms with van der Waals surface area (Å²) in [5, 5.41) is 10.1. The maximum Gasteiger partial charge on any atom is 0.236 e. The van der Waals surface area contributed by atoms with Crippen LogP contribution in [0.3, 0.4) is 0 Å². The predicted molar refractivity (Wildman–Crippen MR) is 122 cm³/mol. The fourth-order valence-corrected chi connectivity index (χ4v) is 6.10. The lowest BCUT2D eigenvalue weighted by molar-refractivity contribution is 0.281. The van der Waals surface area contributed by atoms with Gasteiger partial charge in [0.05, 0.1) is 29.7 Å². The Bertz CT molecular complexity index is 1270. The minimum atomic E-state index is -3.14. The maximum atomic E-state index is 12.5. The largest absolute Gasteiger partial charge is 0.495 e. The van der Waals surface area contributed by atoms with E-state index in [1.807, 2.05) is 22.9 Å². The van der Waals surface area contributed by atoms with E-state index in [2.05, 4.69) is 14.9 Å². The first-order valence-corrected chi connectivity index (χ1v) is 12.4. The zero-order chi connectivity index (χ0) is 22.5. The number of benzene rings is 1. The van der Waals surface area contributed by atoms with Crippen LogP contribution in [0.2, 0.25) is 5.02 Å². The molecule has 0 atom stereocenters. The predicted octanol–water partition coefficient (Wildman–Crippen LogP) is 2.16. The molecule has 1 aromatic carbocycles. The molecular weight excluding hydrogens is 454 g/mol. The van der Waals surface area contributed by atoms with Gasteiger partial charge in [-0.1, -0.05) is 11.6 Å². The monoisotopic (exact) mass is 477 g/mol. The molecule has 1 aliphatic heterocycles. The molecule has 32 heavy (non-hydrogen) atoms. The molecule has 9 nitrogen and oxygen atoms in total. The summed E-state index contributed by atoms with van der Waals surface area (Å²) in [6, 6.07) is 5.33. The van der Waals surface area contributed by atoms with Crippen molar-refractivity contribution in [1.29, 1.82) is 0 Å². The summed E-state index contributed by atoms with van der Waals surface area (Å²) in [4.78, 5) is 11.4. The van der Waals surface area contributed by atoms with Crippen LogP contribution in [0, 0.1) is 0 Å². The van der Waals surface area contributed by atoms with Crippen LogP contribution < -0.4 is 9.64 Å². The number of hydrogen-bond acceptors (Lipinski definition) is 7. The molecule has 0 amide bonds. The Labute approximate surface area is 191 Å². The molecule has 3 heterocycles. The van der Waals surface area contributed by atoms with Crippen molar-refractivity contribution in [3.8, 4) is 17.0 Å². The summed E-state index contributed by atoms with van der Waals surface area (Å²) >= 11 is 6.29. The Morgan fingerprint density at radius 2 is 1.94 bits per heavy atom. The molecule has 1 saturated carbocycles. The van der Waals surface area contributed by atoms with E-state index in [1.54, 1.807) is 16.4 Å². The standard InChI is InChI=1S/C21H24ClN5O4S/c1-31-19-10-14(13-28)16(11-17(19)22)18-12-26-5-4-20(24-21(26)23-18)25-6-8-27(9-7-25)32(29,30)15-2-3-15/h4-5,10-12,15,28H,2-3,6-9,13H2,1H3. The van der Waals surface area contributed by atoms with Gasteiger partial charge in [0.2, 0.25) is 15.8 Å². The van der Waals surface area contributed by atoms with Crippen molar-refractivity contribution in [1.82, 2.24) is 18.7 Å². The Morgan fingerprint density at radius 3 is 2.59 bits per heavy atom. The number of aliphatic hydroxyl groups is 1. The second kappa shape index (κ2) is 8.18. The maximum absolute atomic E-state index is 12.5. The lowest BCUT2D eigenvalue weighted by Gasteiger charge is -2.34. The number of imidazole rings is 1. The number of aliphatic hydroxyl groups excluding tert-OH is 1. The zero-order valence-corrected chi connectivity index (χ0v) is 19.2. The highest BCUT2D eigenvalue weighted by Crippen LogP contribution is 2.34. The number of rotatable bonds is 6. The Morgan fingerprint density at radius 1 is 1.19 bits per heavy atom. The summed E-state index contributed by atoms with van der Waals surface area (Å²) in [5.41, 5.74) is 2.01. The second-order valence-electron chi connectivity index (χ2n) is 8.05. The average molecular weight is 478 g/mol. The number of aromatic nitrogens is 3. The first kappa shape index (κ1) is 21.4. The topological polar surface area (TPSA) is 100 Å². The molecule has 2 aromatic heterocycles. The number of halogens is 1. The highest BCUT2D eigenvalue weighted by Gasteiger charge is 2.41. The second-order valence-corrected chi connectivity index (χ2v) is 10.7. The number of fused-ring (bicyclic) bond motifs is 1. The van der Waals surface area contributed by atoms with Crippen LogP contribution in [0.15, 0.2) is 30.6 Å². The first-order chi connectivity index (χ1) is 15.4. The Kier molecular flexibility index (Phi) is 5.48. The van der Waals surface area contributed by atoms with Gasteiger partial charge >= 0.3 is 0 Å². The molecule has 1 aliphatic carbocycles. The van der Waals surface area contributed by atoms with Gasteiger partial charge in [0, 0.05) is 44.1 Å². The molecule has 1 N–H and O–H groups in total. The summed E-state index contributed by atoms with van der Waals surface area (Å²) in [6.45, 7) is 1.94. The summed E-state index contributed by atoms with van der Waals surface area (Å²) in [7, 11) is -1.61. The van der Waals surface area contributed by atoms with E-state index in [0.717, 1.165) is 18.7 Å². The van der Waals surface area contributed by atoms with Crippen molar-refractivity contribution >= 4 is 33.2 Å². The summed E-state index contributed by atoms with van der Waals surface area (Å²) < 4.78 is 33.6. The quantitative estimate of drug-likeness (QED) is 0.580. The van der Waals surface area contributed by atoms with E-state index in [4.69, 9.17) is 16.3 Å². The van der Waals surface area contributed by atoms with Gasteiger partial charge in [0.25, 0.3) is 0 Å².